The zero-order chi connectivity index (χ0) is 13.9. The van der Waals surface area contributed by atoms with Crippen molar-refractivity contribution in [2.75, 3.05) is 39.1 Å². The second kappa shape index (κ2) is 10.3. The Labute approximate surface area is 110 Å². The van der Waals surface area contributed by atoms with Gasteiger partial charge in [0.2, 0.25) is 6.16 Å². The molecule has 0 rings (SSSR count). The lowest BCUT2D eigenvalue weighted by Crippen LogP contribution is -2.43. The largest absolute Gasteiger partial charge is 0.565 e. The van der Waals surface area contributed by atoms with E-state index in [1.54, 1.807) is 0 Å². The molecule has 7 heteroatoms. The minimum atomic E-state index is -2.08. The first-order valence-electron chi connectivity index (χ1n) is 5.12. The molecule has 0 unspecified atom stereocenters. The van der Waals surface area contributed by atoms with Gasteiger partial charge in [0.25, 0.3) is 0 Å². The van der Waals surface area contributed by atoms with Crippen molar-refractivity contribution in [2.24, 2.45) is 0 Å². The summed E-state index contributed by atoms with van der Waals surface area (Å²) in [6.45, 7) is 3.95. The minimum Gasteiger partial charge on any atom is -0.565 e. The number of halogens is 1. The molecule has 0 aromatic rings. The van der Waals surface area contributed by atoms with E-state index in [1.165, 1.54) is 6.92 Å². The molecule has 0 amide bonds. The molecule has 0 heterocycles. The van der Waals surface area contributed by atoms with Gasteiger partial charge >= 0.3 is 5.97 Å². The minimum absolute atomic E-state index is 0.194. The van der Waals surface area contributed by atoms with Gasteiger partial charge in [0.05, 0.1) is 20.6 Å². The number of hydrogen-bond donors (Lipinski definition) is 1. The molecule has 0 bridgehead atoms. The van der Waals surface area contributed by atoms with Crippen LogP contribution in [0.4, 0.5) is 4.79 Å². The van der Waals surface area contributed by atoms with Crippen LogP contribution in [0.1, 0.15) is 13.3 Å². The number of nitrogens with zero attached hydrogens (tertiary/aromatic N) is 1. The fraction of sp³-hybridized carbons (Fsp3) is 0.800. The van der Waals surface area contributed by atoms with Crippen molar-refractivity contribution in [3.8, 4) is 0 Å². The molecule has 0 aliphatic heterocycles. The second-order valence-electron chi connectivity index (χ2n) is 4.03. The third-order valence-electron chi connectivity index (χ3n) is 1.90. The van der Waals surface area contributed by atoms with E-state index in [4.69, 9.17) is 19.7 Å². The summed E-state index contributed by atoms with van der Waals surface area (Å²) in [7, 11) is 4.29. The zero-order valence-corrected chi connectivity index (χ0v) is 12.0. The lowest BCUT2D eigenvalue weighted by molar-refractivity contribution is -0.890. The van der Waals surface area contributed by atoms with Crippen LogP contribution >= 0.6 is 15.9 Å². The van der Waals surface area contributed by atoms with E-state index >= 15 is 0 Å². The maximum absolute atomic E-state index is 10.5. The highest BCUT2D eigenvalue weighted by Gasteiger charge is 2.14. The van der Waals surface area contributed by atoms with Gasteiger partial charge in [-0.15, -0.1) is 0 Å². The van der Waals surface area contributed by atoms with Crippen molar-refractivity contribution in [2.45, 2.75) is 13.3 Å². The highest BCUT2D eigenvalue weighted by molar-refractivity contribution is 9.09. The fourth-order valence-corrected chi connectivity index (χ4v) is 1.29. The van der Waals surface area contributed by atoms with Crippen molar-refractivity contribution in [3.63, 3.8) is 0 Å². The summed E-state index contributed by atoms with van der Waals surface area (Å²) in [6.07, 6.45) is -0.937. The van der Waals surface area contributed by atoms with E-state index in [0.717, 1.165) is 29.3 Å². The Hall–Kier alpha value is -0.820. The van der Waals surface area contributed by atoms with E-state index in [-0.39, 0.29) is 5.97 Å². The molecule has 0 atom stereocenters. The Morgan fingerprint density at radius 1 is 1.35 bits per heavy atom. The average Bonchev–Trinajstić information content (AvgIpc) is 2.13. The van der Waals surface area contributed by atoms with Crippen molar-refractivity contribution in [3.05, 3.63) is 0 Å². The van der Waals surface area contributed by atoms with Gasteiger partial charge < -0.3 is 24.2 Å². The topological polar surface area (TPSA) is 86.7 Å². The number of hydrogen-bond acceptors (Lipinski definition) is 4. The molecule has 102 valence electrons. The van der Waals surface area contributed by atoms with Gasteiger partial charge in [-0.2, -0.15) is 0 Å². The highest BCUT2D eigenvalue weighted by Crippen LogP contribution is 2.00. The van der Waals surface area contributed by atoms with Crippen molar-refractivity contribution < 1.29 is 29.0 Å². The first kappa shape index (κ1) is 18.5. The molecule has 0 aliphatic carbocycles. The van der Waals surface area contributed by atoms with Crippen LogP contribution in [0.3, 0.4) is 0 Å². The number of esters is 1. The van der Waals surface area contributed by atoms with Crippen LogP contribution in [0.5, 0.6) is 0 Å². The zero-order valence-electron chi connectivity index (χ0n) is 10.4. The molecule has 0 saturated carbocycles. The smallest absolute Gasteiger partial charge is 0.302 e. The van der Waals surface area contributed by atoms with Gasteiger partial charge in [0.1, 0.15) is 13.2 Å². The van der Waals surface area contributed by atoms with E-state index in [2.05, 4.69) is 30.0 Å². The summed E-state index contributed by atoms with van der Waals surface area (Å²) in [4.78, 5) is 19.0. The number of rotatable bonds is 6. The Morgan fingerprint density at radius 3 is 2.18 bits per heavy atom. The molecular formula is C10H20BrNO5. The van der Waals surface area contributed by atoms with Crippen LogP contribution in [0.15, 0.2) is 0 Å². The predicted octanol–water partition coefficient (Wildman–Crippen LogP) is 0.299. The molecule has 17 heavy (non-hydrogen) atoms. The number of likely N-dealkylation sites (N-methyl/N-ethyl adjacent to an activating group) is 1. The molecule has 0 aliphatic rings. The van der Waals surface area contributed by atoms with E-state index in [1.807, 2.05) is 0 Å². The first-order valence-corrected chi connectivity index (χ1v) is 6.24. The van der Waals surface area contributed by atoms with Crippen LogP contribution in [0.2, 0.25) is 0 Å². The third kappa shape index (κ3) is 21.1. The number of carbonyl (C=O) groups is 2. The molecule has 0 radical (unpaired) electrons. The van der Waals surface area contributed by atoms with Gasteiger partial charge in [0.15, 0.2) is 0 Å². The maximum Gasteiger partial charge on any atom is 0.302 e. The first-order chi connectivity index (χ1) is 7.71. The summed E-state index contributed by atoms with van der Waals surface area (Å²) in [5.74, 6) is -0.194. The van der Waals surface area contributed by atoms with Crippen LogP contribution in [-0.4, -0.2) is 60.8 Å². The quantitative estimate of drug-likeness (QED) is 0.433. The van der Waals surface area contributed by atoms with E-state index in [9.17, 15) is 4.79 Å². The number of ether oxygens (including phenoxy) is 1. The van der Waals surface area contributed by atoms with Gasteiger partial charge in [-0.05, 0) is 0 Å². The van der Waals surface area contributed by atoms with Gasteiger partial charge in [-0.3, -0.25) is 4.79 Å². The SMILES string of the molecule is CC(=O)OCC[N+](C)(C)CCCBr.O=C([O-])O. The van der Waals surface area contributed by atoms with Crippen LogP contribution < -0.4 is 5.11 Å². The third-order valence-corrected chi connectivity index (χ3v) is 2.46. The standard InChI is InChI=1S/C9H19BrNO2.CH2O3/c1-9(12)13-8-7-11(2,3)6-4-5-10;2-1(3)4/h4-8H2,1-3H3;(H2,2,3,4)/q+1;/p-1. The van der Waals surface area contributed by atoms with Crippen LogP contribution in [0, 0.1) is 0 Å². The Kier molecular flexibility index (Phi) is 11.3. The summed E-state index contributed by atoms with van der Waals surface area (Å²) in [6, 6.07) is 0. The van der Waals surface area contributed by atoms with E-state index < -0.39 is 6.16 Å². The van der Waals surface area contributed by atoms with Crippen molar-refractivity contribution >= 4 is 28.1 Å². The Bertz CT molecular complexity index is 229. The maximum atomic E-state index is 10.5. The molecule has 0 aromatic heterocycles. The predicted molar refractivity (Wildman–Crippen MR) is 64.9 cm³/mol. The second-order valence-corrected chi connectivity index (χ2v) is 4.82. The molecule has 0 aromatic carbocycles. The summed E-state index contributed by atoms with van der Waals surface area (Å²) >= 11 is 3.40. The van der Waals surface area contributed by atoms with Gasteiger partial charge in [-0.25, -0.2) is 0 Å². The Balaban J connectivity index is 0. The van der Waals surface area contributed by atoms with Crippen LogP contribution in [0.25, 0.3) is 0 Å². The van der Waals surface area contributed by atoms with Gasteiger partial charge in [-0.1, -0.05) is 15.9 Å². The number of quaternary nitrogens is 1. The molecule has 6 nitrogen and oxygen atoms in total. The molecule has 0 fully saturated rings. The lowest BCUT2D eigenvalue weighted by Gasteiger charge is -2.29. The number of carbonyl (C=O) groups excluding carboxylic acids is 1. The molecule has 0 spiro atoms. The number of carboxylic acid groups (broad SMARTS) is 2. The normalized spacial score (nSPS) is 10.1. The van der Waals surface area contributed by atoms with Crippen molar-refractivity contribution in [1.29, 1.82) is 0 Å². The molecule has 1 N–H and O–H groups in total. The van der Waals surface area contributed by atoms with E-state index in [0.29, 0.717) is 6.61 Å². The van der Waals surface area contributed by atoms with Crippen LogP contribution in [-0.2, 0) is 9.53 Å². The summed E-state index contributed by atoms with van der Waals surface area (Å²) in [5, 5.41) is 16.3. The number of alkyl halides is 1. The average molecular weight is 314 g/mol. The molecule has 0 saturated heterocycles. The lowest BCUT2D eigenvalue weighted by atomic mass is 10.4. The van der Waals surface area contributed by atoms with Crippen molar-refractivity contribution in [1.82, 2.24) is 0 Å². The monoisotopic (exact) mass is 313 g/mol. The summed E-state index contributed by atoms with van der Waals surface area (Å²) in [5.41, 5.74) is 0. The highest BCUT2D eigenvalue weighted by atomic mass is 79.9. The summed E-state index contributed by atoms with van der Waals surface area (Å²) < 4.78 is 5.79. The van der Waals surface area contributed by atoms with Gasteiger partial charge in [0, 0.05) is 18.7 Å². The molecular weight excluding hydrogens is 294 g/mol. The fourth-order valence-electron chi connectivity index (χ4n) is 1.04. The Morgan fingerprint density at radius 2 is 1.82 bits per heavy atom.